The highest BCUT2D eigenvalue weighted by molar-refractivity contribution is 5.85. The van der Waals surface area contributed by atoms with E-state index in [1.807, 2.05) is 12.1 Å². The molecule has 18 heavy (non-hydrogen) atoms. The van der Waals surface area contributed by atoms with Crippen LogP contribution in [0.15, 0.2) is 24.3 Å². The zero-order valence-corrected chi connectivity index (χ0v) is 10.4. The summed E-state index contributed by atoms with van der Waals surface area (Å²) in [4.78, 5) is 11.6. The number of nitrogens with one attached hydrogen (secondary N) is 1. The number of carbonyl (C=O) groups excluding carboxylic acids is 1. The van der Waals surface area contributed by atoms with E-state index in [0.717, 1.165) is 12.8 Å². The third kappa shape index (κ3) is 3.13. The molecule has 0 spiro atoms. The van der Waals surface area contributed by atoms with Crippen LogP contribution in [0, 0.1) is 5.92 Å². The highest BCUT2D eigenvalue weighted by Gasteiger charge is 2.30. The Kier molecular flexibility index (Phi) is 4.04. The van der Waals surface area contributed by atoms with Crippen molar-refractivity contribution in [2.24, 2.45) is 11.7 Å². The summed E-state index contributed by atoms with van der Waals surface area (Å²) in [5, 5.41) is 2.68. The van der Waals surface area contributed by atoms with Crippen molar-refractivity contribution in [3.63, 3.8) is 0 Å². The Morgan fingerprint density at radius 2 is 2.28 bits per heavy atom. The number of amides is 1. The van der Waals surface area contributed by atoms with Gasteiger partial charge >= 0.3 is 6.09 Å². The Labute approximate surface area is 106 Å². The number of hydrogen-bond donors (Lipinski definition) is 2. The Morgan fingerprint density at radius 3 is 2.94 bits per heavy atom. The van der Waals surface area contributed by atoms with Crippen molar-refractivity contribution < 1.29 is 14.3 Å². The number of rotatable bonds is 4. The molecule has 3 N–H and O–H groups in total. The SMILES string of the molecule is COc1cccc(NC(=O)OC2CC(CN)C2)c1. The molecule has 0 heterocycles. The van der Waals surface area contributed by atoms with Gasteiger partial charge in [-0.2, -0.15) is 0 Å². The molecule has 1 amide bonds. The fourth-order valence-electron chi connectivity index (χ4n) is 1.96. The number of methoxy groups -OCH3 is 1. The summed E-state index contributed by atoms with van der Waals surface area (Å²) in [6.07, 6.45) is 1.30. The molecule has 0 aliphatic heterocycles. The lowest BCUT2D eigenvalue weighted by atomic mass is 9.82. The lowest BCUT2D eigenvalue weighted by Crippen LogP contribution is -2.38. The molecule has 0 atom stereocenters. The van der Waals surface area contributed by atoms with Gasteiger partial charge in [0, 0.05) is 11.8 Å². The van der Waals surface area contributed by atoms with Gasteiger partial charge in [0.25, 0.3) is 0 Å². The van der Waals surface area contributed by atoms with Gasteiger partial charge in [-0.1, -0.05) is 6.07 Å². The number of nitrogens with two attached hydrogens (primary N) is 1. The minimum Gasteiger partial charge on any atom is -0.497 e. The summed E-state index contributed by atoms with van der Waals surface area (Å²) in [5.74, 6) is 1.19. The van der Waals surface area contributed by atoms with Crippen LogP contribution in [0.4, 0.5) is 10.5 Å². The Morgan fingerprint density at radius 1 is 1.50 bits per heavy atom. The van der Waals surface area contributed by atoms with Crippen LogP contribution >= 0.6 is 0 Å². The Bertz CT molecular complexity index is 416. The van der Waals surface area contributed by atoms with E-state index < -0.39 is 6.09 Å². The summed E-state index contributed by atoms with van der Waals surface area (Å²) >= 11 is 0. The van der Waals surface area contributed by atoms with E-state index in [9.17, 15) is 4.79 Å². The van der Waals surface area contributed by atoms with Crippen LogP contribution in [0.3, 0.4) is 0 Å². The minimum atomic E-state index is -0.427. The standard InChI is InChI=1S/C13H18N2O3/c1-17-11-4-2-3-10(7-11)15-13(16)18-12-5-9(6-12)8-14/h2-4,7,9,12H,5-6,8,14H2,1H3,(H,15,16). The number of anilines is 1. The van der Waals surface area contributed by atoms with E-state index in [1.54, 1.807) is 19.2 Å². The first kappa shape index (κ1) is 12.7. The van der Waals surface area contributed by atoms with E-state index in [2.05, 4.69) is 5.32 Å². The zero-order chi connectivity index (χ0) is 13.0. The van der Waals surface area contributed by atoms with Crippen molar-refractivity contribution in [2.45, 2.75) is 18.9 Å². The zero-order valence-electron chi connectivity index (χ0n) is 10.4. The largest absolute Gasteiger partial charge is 0.497 e. The first-order valence-corrected chi connectivity index (χ1v) is 6.03. The van der Waals surface area contributed by atoms with Crippen LogP contribution in [0.2, 0.25) is 0 Å². The maximum Gasteiger partial charge on any atom is 0.411 e. The second-order valence-corrected chi connectivity index (χ2v) is 4.46. The van der Waals surface area contributed by atoms with E-state index in [1.165, 1.54) is 0 Å². The second-order valence-electron chi connectivity index (χ2n) is 4.46. The third-order valence-corrected chi connectivity index (χ3v) is 3.12. The second kappa shape index (κ2) is 5.73. The first-order valence-electron chi connectivity index (χ1n) is 6.03. The van der Waals surface area contributed by atoms with Gasteiger partial charge in [-0.15, -0.1) is 0 Å². The lowest BCUT2D eigenvalue weighted by molar-refractivity contribution is 0.0278. The summed E-state index contributed by atoms with van der Waals surface area (Å²) in [5.41, 5.74) is 6.17. The number of carbonyl (C=O) groups is 1. The van der Waals surface area contributed by atoms with Gasteiger partial charge < -0.3 is 15.2 Å². The fraction of sp³-hybridized carbons (Fsp3) is 0.462. The van der Waals surface area contributed by atoms with Crippen molar-refractivity contribution in [2.75, 3.05) is 19.0 Å². The molecule has 5 nitrogen and oxygen atoms in total. The van der Waals surface area contributed by atoms with Crippen LogP contribution in [0.5, 0.6) is 5.75 Å². The van der Waals surface area contributed by atoms with Crippen molar-refractivity contribution in [3.05, 3.63) is 24.3 Å². The van der Waals surface area contributed by atoms with E-state index in [-0.39, 0.29) is 6.10 Å². The molecular formula is C13H18N2O3. The monoisotopic (exact) mass is 250 g/mol. The van der Waals surface area contributed by atoms with Gasteiger partial charge in [0.2, 0.25) is 0 Å². The molecule has 98 valence electrons. The predicted molar refractivity (Wildman–Crippen MR) is 68.7 cm³/mol. The fourth-order valence-corrected chi connectivity index (χ4v) is 1.96. The smallest absolute Gasteiger partial charge is 0.411 e. The van der Waals surface area contributed by atoms with Crippen LogP contribution in [-0.4, -0.2) is 25.9 Å². The Balaban J connectivity index is 1.80. The average Bonchev–Trinajstić information content (AvgIpc) is 2.33. The predicted octanol–water partition coefficient (Wildman–Crippen LogP) is 1.98. The molecule has 0 radical (unpaired) electrons. The van der Waals surface area contributed by atoms with Crippen LogP contribution in [0.25, 0.3) is 0 Å². The highest BCUT2D eigenvalue weighted by atomic mass is 16.6. The van der Waals surface area contributed by atoms with Gasteiger partial charge in [0.1, 0.15) is 11.9 Å². The molecule has 1 aliphatic carbocycles. The third-order valence-electron chi connectivity index (χ3n) is 3.12. The van der Waals surface area contributed by atoms with Crippen LogP contribution < -0.4 is 15.8 Å². The number of benzene rings is 1. The number of hydrogen-bond acceptors (Lipinski definition) is 4. The minimum absolute atomic E-state index is 0.00385. The van der Waals surface area contributed by atoms with Gasteiger partial charge in [0.15, 0.2) is 0 Å². The van der Waals surface area contributed by atoms with E-state index in [4.69, 9.17) is 15.2 Å². The van der Waals surface area contributed by atoms with Crippen LogP contribution in [-0.2, 0) is 4.74 Å². The van der Waals surface area contributed by atoms with Crippen molar-refractivity contribution in [1.29, 1.82) is 0 Å². The highest BCUT2D eigenvalue weighted by Crippen LogP contribution is 2.29. The van der Waals surface area contributed by atoms with E-state index in [0.29, 0.717) is 23.9 Å². The molecule has 1 fully saturated rings. The molecule has 0 unspecified atom stereocenters. The quantitative estimate of drug-likeness (QED) is 0.857. The molecule has 0 saturated heterocycles. The van der Waals surface area contributed by atoms with Gasteiger partial charge in [-0.25, -0.2) is 4.79 Å². The summed E-state index contributed by atoms with van der Waals surface area (Å²) in [6, 6.07) is 7.15. The maximum absolute atomic E-state index is 11.6. The van der Waals surface area contributed by atoms with Gasteiger partial charge in [0.05, 0.1) is 7.11 Å². The Hall–Kier alpha value is -1.75. The first-order chi connectivity index (χ1) is 8.71. The summed E-state index contributed by atoms with van der Waals surface area (Å²) < 4.78 is 10.3. The molecular weight excluding hydrogens is 232 g/mol. The van der Waals surface area contributed by atoms with Crippen LogP contribution in [0.1, 0.15) is 12.8 Å². The van der Waals surface area contributed by atoms with Crippen molar-refractivity contribution in [3.8, 4) is 5.75 Å². The maximum atomic E-state index is 11.6. The summed E-state index contributed by atoms with van der Waals surface area (Å²) in [6.45, 7) is 0.664. The van der Waals surface area contributed by atoms with Crippen molar-refractivity contribution in [1.82, 2.24) is 0 Å². The lowest BCUT2D eigenvalue weighted by Gasteiger charge is -2.33. The van der Waals surface area contributed by atoms with Gasteiger partial charge in [-0.05, 0) is 37.4 Å². The summed E-state index contributed by atoms with van der Waals surface area (Å²) in [7, 11) is 1.58. The topological polar surface area (TPSA) is 73.6 Å². The molecule has 1 aliphatic rings. The molecule has 5 heteroatoms. The molecule has 0 bridgehead atoms. The molecule has 1 aromatic rings. The normalized spacial score (nSPS) is 21.9. The van der Waals surface area contributed by atoms with Crippen molar-refractivity contribution >= 4 is 11.8 Å². The average molecular weight is 250 g/mol. The molecule has 1 aromatic carbocycles. The van der Waals surface area contributed by atoms with E-state index >= 15 is 0 Å². The molecule has 1 saturated carbocycles. The number of ether oxygens (including phenoxy) is 2. The molecule has 2 rings (SSSR count). The van der Waals surface area contributed by atoms with Gasteiger partial charge in [-0.3, -0.25) is 5.32 Å². The molecule has 0 aromatic heterocycles.